The van der Waals surface area contributed by atoms with Crippen LogP contribution in [0.4, 0.5) is 14.6 Å². The fourth-order valence-electron chi connectivity index (χ4n) is 0.657. The van der Waals surface area contributed by atoms with Crippen LogP contribution in [0.15, 0.2) is 0 Å². The number of nitrogens with one attached hydrogen (secondary N) is 1. The van der Waals surface area contributed by atoms with Crippen molar-refractivity contribution in [3.05, 3.63) is 22.9 Å². The average molecular weight is 203 g/mol. The van der Waals surface area contributed by atoms with Crippen LogP contribution in [0.3, 0.4) is 0 Å². The SMILES string of the molecule is [C-]#[N+]c1[nH]c(C(F)(F)Cl)nc1C#N. The standard InChI is InChI=1S/C6HClF2N4/c1-11-4-3(2-10)12-5(13-4)6(7,8)9/h(H,12,13). The van der Waals surface area contributed by atoms with Gasteiger partial charge >= 0.3 is 5.38 Å². The van der Waals surface area contributed by atoms with E-state index in [2.05, 4.69) is 21.4 Å². The van der Waals surface area contributed by atoms with Gasteiger partial charge in [0.05, 0.1) is 0 Å². The minimum absolute atomic E-state index is 0.335. The number of nitrogens with zero attached hydrogens (tertiary/aromatic N) is 3. The summed E-state index contributed by atoms with van der Waals surface area (Å²) in [6.07, 6.45) is 0. The molecule has 0 bridgehead atoms. The number of alkyl halides is 3. The summed E-state index contributed by atoms with van der Waals surface area (Å²) in [5, 5.41) is 4.68. The molecule has 1 heterocycles. The summed E-state index contributed by atoms with van der Waals surface area (Å²) in [5.74, 6) is -1.23. The third kappa shape index (κ3) is 1.74. The number of rotatable bonds is 1. The van der Waals surface area contributed by atoms with Crippen LogP contribution in [-0.4, -0.2) is 9.97 Å². The van der Waals surface area contributed by atoms with Crippen molar-refractivity contribution in [3.8, 4) is 6.07 Å². The lowest BCUT2D eigenvalue weighted by Crippen LogP contribution is -2.05. The summed E-state index contributed by atoms with van der Waals surface area (Å²) >= 11 is 4.62. The van der Waals surface area contributed by atoms with Crippen molar-refractivity contribution in [2.75, 3.05) is 0 Å². The lowest BCUT2D eigenvalue weighted by molar-refractivity contribution is 0.0855. The Labute approximate surface area is 76.6 Å². The number of hydrogen-bond acceptors (Lipinski definition) is 2. The predicted octanol–water partition coefficient (Wildman–Crippen LogP) is 2.12. The Hall–Kier alpha value is -1.66. The Morgan fingerprint density at radius 2 is 2.31 bits per heavy atom. The zero-order chi connectivity index (χ0) is 10.1. The number of hydrogen-bond donors (Lipinski definition) is 1. The first kappa shape index (κ1) is 9.43. The number of nitriles is 1. The van der Waals surface area contributed by atoms with Crippen molar-refractivity contribution >= 4 is 17.4 Å². The van der Waals surface area contributed by atoms with Crippen LogP contribution >= 0.6 is 11.6 Å². The Bertz CT molecular complexity index is 374. The molecule has 1 aromatic rings. The van der Waals surface area contributed by atoms with E-state index >= 15 is 0 Å². The lowest BCUT2D eigenvalue weighted by atomic mass is 10.5. The molecule has 0 atom stereocenters. The average Bonchev–Trinajstić information content (AvgIpc) is 2.45. The van der Waals surface area contributed by atoms with Gasteiger partial charge in [-0.05, 0) is 11.6 Å². The zero-order valence-corrected chi connectivity index (χ0v) is 6.73. The van der Waals surface area contributed by atoms with Gasteiger partial charge in [0.25, 0.3) is 11.6 Å². The van der Waals surface area contributed by atoms with Crippen molar-refractivity contribution in [2.24, 2.45) is 0 Å². The fraction of sp³-hybridized carbons (Fsp3) is 0.167. The Morgan fingerprint density at radius 3 is 2.62 bits per heavy atom. The molecule has 13 heavy (non-hydrogen) atoms. The second-order valence-electron chi connectivity index (χ2n) is 2.00. The molecule has 0 saturated heterocycles. The number of aromatic nitrogens is 2. The highest BCUT2D eigenvalue weighted by atomic mass is 35.5. The van der Waals surface area contributed by atoms with Crippen molar-refractivity contribution in [1.82, 2.24) is 9.97 Å². The summed E-state index contributed by atoms with van der Waals surface area (Å²) in [6, 6.07) is 1.49. The first-order valence-electron chi connectivity index (χ1n) is 2.93. The first-order chi connectivity index (χ1) is 5.99. The summed E-state index contributed by atoms with van der Waals surface area (Å²) in [4.78, 5) is 7.90. The third-order valence-corrected chi connectivity index (χ3v) is 1.35. The maximum absolute atomic E-state index is 12.4. The van der Waals surface area contributed by atoms with Gasteiger partial charge < -0.3 is 4.85 Å². The topological polar surface area (TPSA) is 56.8 Å². The van der Waals surface area contributed by atoms with Gasteiger partial charge in [-0.2, -0.15) is 14.0 Å². The van der Waals surface area contributed by atoms with Crippen LogP contribution in [0.25, 0.3) is 4.85 Å². The third-order valence-electron chi connectivity index (χ3n) is 1.17. The molecule has 0 spiro atoms. The van der Waals surface area contributed by atoms with E-state index in [0.717, 1.165) is 0 Å². The molecule has 0 aliphatic heterocycles. The quantitative estimate of drug-likeness (QED) is 0.560. The second-order valence-corrected chi connectivity index (χ2v) is 2.48. The molecule has 0 amide bonds. The van der Waals surface area contributed by atoms with Gasteiger partial charge in [0.1, 0.15) is 6.07 Å². The molecule has 0 aliphatic carbocycles. The van der Waals surface area contributed by atoms with Crippen LogP contribution < -0.4 is 0 Å². The van der Waals surface area contributed by atoms with Crippen LogP contribution in [0, 0.1) is 17.9 Å². The Kier molecular flexibility index (Phi) is 2.18. The zero-order valence-electron chi connectivity index (χ0n) is 5.98. The molecule has 0 fully saturated rings. The van der Waals surface area contributed by atoms with Crippen molar-refractivity contribution in [3.63, 3.8) is 0 Å². The highest BCUT2D eigenvalue weighted by Crippen LogP contribution is 2.32. The van der Waals surface area contributed by atoms with Crippen molar-refractivity contribution < 1.29 is 8.78 Å². The van der Waals surface area contributed by atoms with Gasteiger partial charge in [-0.15, -0.1) is 0 Å². The summed E-state index contributed by atoms with van der Waals surface area (Å²) in [5.41, 5.74) is -0.384. The van der Waals surface area contributed by atoms with E-state index in [1.165, 1.54) is 6.07 Å². The first-order valence-corrected chi connectivity index (χ1v) is 3.31. The van der Waals surface area contributed by atoms with Gasteiger partial charge in [-0.25, -0.2) is 4.98 Å². The molecular weight excluding hydrogens is 202 g/mol. The molecule has 1 rings (SSSR count). The normalized spacial score (nSPS) is 10.5. The number of H-pyrrole nitrogens is 1. The molecule has 7 heteroatoms. The maximum Gasteiger partial charge on any atom is 0.399 e. The molecule has 0 saturated carbocycles. The van der Waals surface area contributed by atoms with Gasteiger partial charge in [0.2, 0.25) is 0 Å². The van der Waals surface area contributed by atoms with E-state index in [0.29, 0.717) is 0 Å². The van der Waals surface area contributed by atoms with Gasteiger partial charge in [-0.1, -0.05) is 6.57 Å². The van der Waals surface area contributed by atoms with Crippen LogP contribution in [0.5, 0.6) is 0 Å². The number of imidazole rings is 1. The van der Waals surface area contributed by atoms with E-state index in [9.17, 15) is 8.78 Å². The summed E-state index contributed by atoms with van der Waals surface area (Å²) in [7, 11) is 0. The van der Waals surface area contributed by atoms with Crippen molar-refractivity contribution in [1.29, 1.82) is 5.26 Å². The van der Waals surface area contributed by atoms with E-state index < -0.39 is 11.2 Å². The molecule has 0 aliphatic rings. The maximum atomic E-state index is 12.4. The van der Waals surface area contributed by atoms with Crippen LogP contribution in [0.2, 0.25) is 0 Å². The van der Waals surface area contributed by atoms with E-state index in [-0.39, 0.29) is 11.5 Å². The largest absolute Gasteiger partial charge is 0.399 e. The molecule has 0 unspecified atom stereocenters. The van der Waals surface area contributed by atoms with E-state index in [4.69, 9.17) is 11.8 Å². The molecule has 0 aromatic carbocycles. The molecule has 1 N–H and O–H groups in total. The molecule has 4 nitrogen and oxygen atoms in total. The highest BCUT2D eigenvalue weighted by molar-refractivity contribution is 6.21. The predicted molar refractivity (Wildman–Crippen MR) is 39.3 cm³/mol. The number of halogens is 3. The molecule has 66 valence electrons. The van der Waals surface area contributed by atoms with Gasteiger partial charge in [-0.3, -0.25) is 4.98 Å². The van der Waals surface area contributed by atoms with E-state index in [1.54, 1.807) is 0 Å². The highest BCUT2D eigenvalue weighted by Gasteiger charge is 2.35. The summed E-state index contributed by atoms with van der Waals surface area (Å²) in [6.45, 7) is 6.52. The van der Waals surface area contributed by atoms with Crippen molar-refractivity contribution in [2.45, 2.75) is 5.38 Å². The smallest absolute Gasteiger partial charge is 0.361 e. The Morgan fingerprint density at radius 1 is 1.69 bits per heavy atom. The van der Waals surface area contributed by atoms with Gasteiger partial charge in [0, 0.05) is 0 Å². The minimum Gasteiger partial charge on any atom is -0.361 e. The van der Waals surface area contributed by atoms with Gasteiger partial charge in [0.15, 0.2) is 5.69 Å². The lowest BCUT2D eigenvalue weighted by Gasteiger charge is -1.98. The fourth-order valence-corrected chi connectivity index (χ4v) is 0.747. The van der Waals surface area contributed by atoms with Crippen LogP contribution in [0.1, 0.15) is 11.5 Å². The second kappa shape index (κ2) is 3.00. The van der Waals surface area contributed by atoms with Crippen LogP contribution in [-0.2, 0) is 5.38 Å². The molecule has 1 aromatic heterocycles. The molecular formula is C6HClF2N4. The number of aromatic amines is 1. The molecule has 0 radical (unpaired) electrons. The van der Waals surface area contributed by atoms with E-state index in [1.807, 2.05) is 4.98 Å². The monoisotopic (exact) mass is 202 g/mol. The minimum atomic E-state index is -3.69. The Balaban J connectivity index is 3.26. The summed E-state index contributed by atoms with van der Waals surface area (Å²) < 4.78 is 24.8.